The van der Waals surface area contributed by atoms with Crippen LogP contribution in [0.1, 0.15) is 16.6 Å². The van der Waals surface area contributed by atoms with Crippen LogP contribution < -0.4 is 15.4 Å². The molecular weight excluding hydrogens is 432 g/mol. The molecule has 0 aliphatic rings. The minimum Gasteiger partial charge on any atom is -0.496 e. The lowest BCUT2D eigenvalue weighted by Crippen LogP contribution is -2.42. The number of carbonyl (C=O) groups excluding carboxylic acids is 2. The van der Waals surface area contributed by atoms with Gasteiger partial charge in [0.25, 0.3) is 0 Å². The number of para-hydroxylation sites is 1. The fourth-order valence-electron chi connectivity index (χ4n) is 3.18. The van der Waals surface area contributed by atoms with E-state index in [1.54, 1.807) is 31.4 Å². The van der Waals surface area contributed by atoms with Crippen LogP contribution in [-0.2, 0) is 25.8 Å². The van der Waals surface area contributed by atoms with Crippen LogP contribution in [0.2, 0.25) is 0 Å². The molecule has 0 fully saturated rings. The van der Waals surface area contributed by atoms with Gasteiger partial charge in [-0.15, -0.1) is 0 Å². The van der Waals surface area contributed by atoms with Gasteiger partial charge in [-0.25, -0.2) is 8.42 Å². The van der Waals surface area contributed by atoms with Crippen LogP contribution in [-0.4, -0.2) is 40.4 Å². The molecular formula is C23H24N2O6S. The van der Waals surface area contributed by atoms with E-state index < -0.39 is 26.9 Å². The Bertz CT molecular complexity index is 1140. The molecule has 0 saturated carbocycles. The summed E-state index contributed by atoms with van der Waals surface area (Å²) in [6.45, 7) is -0.0972. The number of hydrogen-bond acceptors (Lipinski definition) is 6. The molecule has 1 heterocycles. The van der Waals surface area contributed by atoms with Crippen molar-refractivity contribution < 1.29 is 27.2 Å². The summed E-state index contributed by atoms with van der Waals surface area (Å²) in [6, 6.07) is 18.3. The summed E-state index contributed by atoms with van der Waals surface area (Å²) in [4.78, 5) is 24.5. The van der Waals surface area contributed by atoms with Gasteiger partial charge in [-0.05, 0) is 42.3 Å². The molecule has 1 atom stereocenters. The first-order valence-corrected chi connectivity index (χ1v) is 11.5. The summed E-state index contributed by atoms with van der Waals surface area (Å²) in [5.41, 5.74) is 0.891. The van der Waals surface area contributed by atoms with Crippen LogP contribution in [0.5, 0.6) is 5.75 Å². The van der Waals surface area contributed by atoms with Crippen molar-refractivity contribution in [2.24, 2.45) is 0 Å². The third-order valence-electron chi connectivity index (χ3n) is 4.83. The van der Waals surface area contributed by atoms with Gasteiger partial charge in [0.1, 0.15) is 16.8 Å². The molecule has 2 aromatic carbocycles. The van der Waals surface area contributed by atoms with Gasteiger partial charge in [-0.1, -0.05) is 36.4 Å². The average molecular weight is 457 g/mol. The molecule has 0 spiro atoms. The first kappa shape index (κ1) is 23.1. The van der Waals surface area contributed by atoms with Gasteiger partial charge in [0, 0.05) is 13.1 Å². The zero-order valence-corrected chi connectivity index (χ0v) is 18.3. The lowest BCUT2D eigenvalue weighted by Gasteiger charge is -2.16. The van der Waals surface area contributed by atoms with Crippen LogP contribution >= 0.6 is 0 Å². The highest BCUT2D eigenvalue weighted by atomic mass is 32.2. The Hall–Kier alpha value is -3.59. The molecule has 3 aromatic rings. The summed E-state index contributed by atoms with van der Waals surface area (Å²) in [5.74, 6) is -0.913. The second kappa shape index (κ2) is 10.6. The molecule has 0 unspecified atom stereocenters. The molecule has 2 N–H and O–H groups in total. The lowest BCUT2D eigenvalue weighted by atomic mass is 10.1. The first-order chi connectivity index (χ1) is 15.4. The molecule has 2 amide bonds. The van der Waals surface area contributed by atoms with Gasteiger partial charge >= 0.3 is 11.8 Å². The van der Waals surface area contributed by atoms with E-state index in [2.05, 4.69) is 10.6 Å². The van der Waals surface area contributed by atoms with Crippen molar-refractivity contribution in [2.75, 3.05) is 20.2 Å². The predicted octanol–water partition coefficient (Wildman–Crippen LogP) is 2.28. The number of amides is 2. The highest BCUT2D eigenvalue weighted by Crippen LogP contribution is 2.28. The topological polar surface area (TPSA) is 115 Å². The predicted molar refractivity (Wildman–Crippen MR) is 118 cm³/mol. The summed E-state index contributed by atoms with van der Waals surface area (Å²) >= 11 is 0. The minimum atomic E-state index is -3.86. The highest BCUT2D eigenvalue weighted by Gasteiger charge is 2.32. The molecule has 32 heavy (non-hydrogen) atoms. The summed E-state index contributed by atoms with van der Waals surface area (Å²) in [7, 11) is -2.30. The third-order valence-corrected chi connectivity index (χ3v) is 6.91. The quantitative estimate of drug-likeness (QED) is 0.478. The number of hydrogen-bond donors (Lipinski definition) is 2. The van der Waals surface area contributed by atoms with Crippen molar-refractivity contribution in [3.63, 3.8) is 0 Å². The monoisotopic (exact) mass is 456 g/mol. The number of carbonyl (C=O) groups is 2. The van der Waals surface area contributed by atoms with E-state index in [-0.39, 0.29) is 23.7 Å². The van der Waals surface area contributed by atoms with E-state index in [9.17, 15) is 18.0 Å². The van der Waals surface area contributed by atoms with Crippen LogP contribution in [0.3, 0.4) is 0 Å². The van der Waals surface area contributed by atoms with E-state index in [0.717, 1.165) is 5.56 Å². The highest BCUT2D eigenvalue weighted by molar-refractivity contribution is 7.91. The van der Waals surface area contributed by atoms with Crippen molar-refractivity contribution in [1.29, 1.82) is 0 Å². The van der Waals surface area contributed by atoms with Crippen molar-refractivity contribution in [3.8, 4) is 5.75 Å². The SMILES string of the molecule is COc1ccccc1CCNC(=O)C(=O)NC[C@H](c1ccco1)S(=O)(=O)c1ccccc1. The van der Waals surface area contributed by atoms with Gasteiger partial charge in [-0.3, -0.25) is 9.59 Å². The lowest BCUT2D eigenvalue weighted by molar-refractivity contribution is -0.139. The second-order valence-corrected chi connectivity index (χ2v) is 9.02. The Morgan fingerprint density at radius 3 is 2.31 bits per heavy atom. The standard InChI is InChI=1S/C23H24N2O6S/c1-30-19-11-6-5-8-17(19)13-14-24-22(26)23(27)25-16-21(20-12-7-15-31-20)32(28,29)18-9-3-2-4-10-18/h2-12,15,21H,13-14,16H2,1H3,(H,24,26)(H,25,27)/t21-/m1/s1. The number of sulfone groups is 1. The molecule has 8 nitrogen and oxygen atoms in total. The normalized spacial score (nSPS) is 12.0. The maximum absolute atomic E-state index is 13.1. The van der Waals surface area contributed by atoms with E-state index in [1.165, 1.54) is 24.5 Å². The molecule has 168 valence electrons. The summed E-state index contributed by atoms with van der Waals surface area (Å²) in [6.07, 6.45) is 1.83. The van der Waals surface area contributed by atoms with Crippen LogP contribution in [0.15, 0.2) is 82.3 Å². The van der Waals surface area contributed by atoms with Gasteiger partial charge in [0.05, 0.1) is 18.3 Å². The number of ether oxygens (including phenoxy) is 1. The van der Waals surface area contributed by atoms with Crippen molar-refractivity contribution in [1.82, 2.24) is 10.6 Å². The molecule has 1 aromatic heterocycles. The Balaban J connectivity index is 1.61. The van der Waals surface area contributed by atoms with Crippen LogP contribution in [0.4, 0.5) is 0 Å². The summed E-state index contributed by atoms with van der Waals surface area (Å²) < 4.78 is 36.7. The molecule has 0 saturated heterocycles. The molecule has 0 aliphatic carbocycles. The zero-order valence-electron chi connectivity index (χ0n) is 17.5. The van der Waals surface area contributed by atoms with Crippen LogP contribution in [0.25, 0.3) is 0 Å². The Morgan fingerprint density at radius 1 is 0.938 bits per heavy atom. The van der Waals surface area contributed by atoms with Crippen molar-refractivity contribution in [2.45, 2.75) is 16.6 Å². The van der Waals surface area contributed by atoms with Crippen LogP contribution in [0, 0.1) is 0 Å². The minimum absolute atomic E-state index is 0.0944. The van der Waals surface area contributed by atoms with Crippen molar-refractivity contribution in [3.05, 3.63) is 84.3 Å². The van der Waals surface area contributed by atoms with E-state index in [0.29, 0.717) is 12.2 Å². The number of nitrogens with one attached hydrogen (secondary N) is 2. The number of furan rings is 1. The summed E-state index contributed by atoms with van der Waals surface area (Å²) in [5, 5.41) is 3.76. The molecule has 0 bridgehead atoms. The van der Waals surface area contributed by atoms with E-state index in [4.69, 9.17) is 9.15 Å². The molecule has 0 aliphatic heterocycles. The third kappa shape index (κ3) is 5.55. The maximum Gasteiger partial charge on any atom is 0.309 e. The van der Waals surface area contributed by atoms with E-state index in [1.807, 2.05) is 24.3 Å². The Morgan fingerprint density at radius 2 is 1.62 bits per heavy atom. The fourth-order valence-corrected chi connectivity index (χ4v) is 4.79. The van der Waals surface area contributed by atoms with E-state index >= 15 is 0 Å². The fraction of sp³-hybridized carbons (Fsp3) is 0.217. The Labute approximate surface area is 186 Å². The largest absolute Gasteiger partial charge is 0.496 e. The van der Waals surface area contributed by atoms with Gasteiger partial charge < -0.3 is 19.8 Å². The van der Waals surface area contributed by atoms with Crippen molar-refractivity contribution >= 4 is 21.7 Å². The molecule has 9 heteroatoms. The zero-order chi connectivity index (χ0) is 23.0. The maximum atomic E-state index is 13.1. The number of methoxy groups -OCH3 is 1. The first-order valence-electron chi connectivity index (χ1n) is 9.93. The number of rotatable bonds is 9. The smallest absolute Gasteiger partial charge is 0.309 e. The Kier molecular flexibility index (Phi) is 7.67. The van der Waals surface area contributed by atoms with Gasteiger partial charge in [-0.2, -0.15) is 0 Å². The molecule has 3 rings (SSSR count). The number of benzene rings is 2. The second-order valence-electron chi connectivity index (χ2n) is 6.89. The average Bonchev–Trinajstić information content (AvgIpc) is 3.34. The molecule has 0 radical (unpaired) electrons. The van der Waals surface area contributed by atoms with Gasteiger partial charge in [0.15, 0.2) is 9.84 Å². The van der Waals surface area contributed by atoms with Gasteiger partial charge in [0.2, 0.25) is 0 Å².